The molecule has 0 radical (unpaired) electrons. The fourth-order valence-electron chi connectivity index (χ4n) is 1.47. The number of hydrogen-bond donors (Lipinski definition) is 0. The number of aryl methyl sites for hydroxylation is 1. The second-order valence-electron chi connectivity index (χ2n) is 3.67. The van der Waals surface area contributed by atoms with Crippen LogP contribution in [0.3, 0.4) is 0 Å². The number of hydrogen-bond acceptors (Lipinski definition) is 1. The van der Waals surface area contributed by atoms with Crippen LogP contribution in [0.15, 0.2) is 12.5 Å². The molecule has 1 atom stereocenters. The van der Waals surface area contributed by atoms with Gasteiger partial charge >= 0.3 is 0 Å². The third kappa shape index (κ3) is 2.58. The Morgan fingerprint density at radius 1 is 1.46 bits per heavy atom. The molecule has 0 N–H and O–H groups in total. The Morgan fingerprint density at radius 2 is 2.23 bits per heavy atom. The molecule has 2 heteroatoms. The molecule has 74 valence electrons. The number of unbranched alkanes of at least 4 members (excludes halogenated alkanes) is 1. The van der Waals surface area contributed by atoms with Crippen LogP contribution >= 0.6 is 0 Å². The van der Waals surface area contributed by atoms with Crippen LogP contribution in [0.25, 0.3) is 0 Å². The van der Waals surface area contributed by atoms with E-state index in [1.54, 1.807) is 0 Å². The summed E-state index contributed by atoms with van der Waals surface area (Å²) in [5.41, 5.74) is 1.39. The largest absolute Gasteiger partial charge is 0.334 e. The van der Waals surface area contributed by atoms with Gasteiger partial charge in [-0.25, -0.2) is 4.98 Å². The first-order valence-electron chi connectivity index (χ1n) is 5.29. The van der Waals surface area contributed by atoms with Crippen molar-refractivity contribution in [3.63, 3.8) is 0 Å². The van der Waals surface area contributed by atoms with E-state index >= 15 is 0 Å². The monoisotopic (exact) mass is 180 g/mol. The zero-order valence-corrected chi connectivity index (χ0v) is 8.95. The Hall–Kier alpha value is -0.790. The molecule has 0 saturated heterocycles. The van der Waals surface area contributed by atoms with Crippen LogP contribution in [0.4, 0.5) is 0 Å². The SMILES string of the molecule is CCCCn1cncc1C(C)CC. The van der Waals surface area contributed by atoms with Gasteiger partial charge in [-0.2, -0.15) is 0 Å². The van der Waals surface area contributed by atoms with Crippen molar-refractivity contribution in [2.24, 2.45) is 0 Å². The van der Waals surface area contributed by atoms with Gasteiger partial charge in [0.2, 0.25) is 0 Å². The van der Waals surface area contributed by atoms with Gasteiger partial charge in [-0.05, 0) is 18.8 Å². The lowest BCUT2D eigenvalue weighted by Gasteiger charge is -2.12. The van der Waals surface area contributed by atoms with E-state index in [0.29, 0.717) is 5.92 Å². The molecule has 1 aromatic heterocycles. The van der Waals surface area contributed by atoms with Crippen LogP contribution in [-0.4, -0.2) is 9.55 Å². The highest BCUT2D eigenvalue weighted by atomic mass is 15.0. The number of imidazole rings is 1. The second kappa shape index (κ2) is 5.05. The zero-order valence-electron chi connectivity index (χ0n) is 8.95. The van der Waals surface area contributed by atoms with Crippen LogP contribution in [0.2, 0.25) is 0 Å². The minimum absolute atomic E-state index is 0.638. The fourth-order valence-corrected chi connectivity index (χ4v) is 1.47. The highest BCUT2D eigenvalue weighted by Crippen LogP contribution is 2.18. The van der Waals surface area contributed by atoms with Crippen LogP contribution in [0.1, 0.15) is 51.6 Å². The molecule has 1 rings (SSSR count). The van der Waals surface area contributed by atoms with E-state index < -0.39 is 0 Å². The number of rotatable bonds is 5. The molecule has 13 heavy (non-hydrogen) atoms. The van der Waals surface area contributed by atoms with E-state index in [-0.39, 0.29) is 0 Å². The predicted octanol–water partition coefficient (Wildman–Crippen LogP) is 3.20. The van der Waals surface area contributed by atoms with E-state index in [0.717, 1.165) is 6.54 Å². The highest BCUT2D eigenvalue weighted by molar-refractivity contribution is 5.04. The van der Waals surface area contributed by atoms with E-state index in [2.05, 4.69) is 30.3 Å². The molecule has 0 saturated carbocycles. The minimum Gasteiger partial charge on any atom is -0.334 e. The standard InChI is InChI=1S/C11H20N2/c1-4-6-7-13-9-12-8-11(13)10(3)5-2/h8-10H,4-7H2,1-3H3. The third-order valence-electron chi connectivity index (χ3n) is 2.61. The third-order valence-corrected chi connectivity index (χ3v) is 2.61. The molecule has 1 unspecified atom stereocenters. The molecule has 2 nitrogen and oxygen atoms in total. The lowest BCUT2D eigenvalue weighted by Crippen LogP contribution is -2.04. The summed E-state index contributed by atoms with van der Waals surface area (Å²) >= 11 is 0. The molecule has 0 bridgehead atoms. The van der Waals surface area contributed by atoms with Gasteiger partial charge in [-0.1, -0.05) is 27.2 Å². The van der Waals surface area contributed by atoms with E-state index in [1.807, 2.05) is 12.5 Å². The van der Waals surface area contributed by atoms with Crippen LogP contribution in [0, 0.1) is 0 Å². The fraction of sp³-hybridized carbons (Fsp3) is 0.727. The van der Waals surface area contributed by atoms with Gasteiger partial charge in [-0.15, -0.1) is 0 Å². The summed E-state index contributed by atoms with van der Waals surface area (Å²) in [6.45, 7) is 7.83. The first kappa shape index (κ1) is 10.3. The molecule has 0 aromatic carbocycles. The first-order chi connectivity index (χ1) is 6.29. The van der Waals surface area contributed by atoms with Crippen molar-refractivity contribution in [2.75, 3.05) is 0 Å². The molecule has 1 aromatic rings. The van der Waals surface area contributed by atoms with Crippen LogP contribution in [-0.2, 0) is 6.54 Å². The topological polar surface area (TPSA) is 17.8 Å². The Morgan fingerprint density at radius 3 is 2.85 bits per heavy atom. The molecular formula is C11H20N2. The lowest BCUT2D eigenvalue weighted by molar-refractivity contribution is 0.573. The summed E-state index contributed by atoms with van der Waals surface area (Å²) in [6, 6.07) is 0. The average molecular weight is 180 g/mol. The minimum atomic E-state index is 0.638. The smallest absolute Gasteiger partial charge is 0.0948 e. The lowest BCUT2D eigenvalue weighted by atomic mass is 10.1. The van der Waals surface area contributed by atoms with Crippen molar-refractivity contribution in [1.82, 2.24) is 9.55 Å². The maximum Gasteiger partial charge on any atom is 0.0948 e. The van der Waals surface area contributed by atoms with Gasteiger partial charge < -0.3 is 4.57 Å². The van der Waals surface area contributed by atoms with Gasteiger partial charge in [-0.3, -0.25) is 0 Å². The summed E-state index contributed by atoms with van der Waals surface area (Å²) in [4.78, 5) is 4.21. The molecular weight excluding hydrogens is 160 g/mol. The second-order valence-corrected chi connectivity index (χ2v) is 3.67. The molecule has 0 spiro atoms. The van der Waals surface area contributed by atoms with E-state index in [1.165, 1.54) is 25.0 Å². The Labute approximate surface area is 81.0 Å². The molecule has 0 aliphatic heterocycles. The van der Waals surface area contributed by atoms with Crippen molar-refractivity contribution in [1.29, 1.82) is 0 Å². The van der Waals surface area contributed by atoms with Crippen molar-refractivity contribution >= 4 is 0 Å². The number of aromatic nitrogens is 2. The summed E-state index contributed by atoms with van der Waals surface area (Å²) in [7, 11) is 0. The van der Waals surface area contributed by atoms with Crippen molar-refractivity contribution in [3.05, 3.63) is 18.2 Å². The van der Waals surface area contributed by atoms with E-state index in [4.69, 9.17) is 0 Å². The molecule has 0 aliphatic rings. The summed E-state index contributed by atoms with van der Waals surface area (Å²) < 4.78 is 2.29. The Bertz CT molecular complexity index is 240. The maximum atomic E-state index is 4.21. The zero-order chi connectivity index (χ0) is 9.68. The van der Waals surface area contributed by atoms with Crippen LogP contribution in [0.5, 0.6) is 0 Å². The van der Waals surface area contributed by atoms with Crippen molar-refractivity contribution in [2.45, 2.75) is 52.5 Å². The van der Waals surface area contributed by atoms with Gasteiger partial charge in [0.15, 0.2) is 0 Å². The quantitative estimate of drug-likeness (QED) is 0.680. The molecule has 0 fully saturated rings. The summed E-state index contributed by atoms with van der Waals surface area (Å²) in [6.07, 6.45) is 7.65. The van der Waals surface area contributed by atoms with Gasteiger partial charge in [0, 0.05) is 18.4 Å². The number of nitrogens with zero attached hydrogens (tertiary/aromatic N) is 2. The Balaban J connectivity index is 2.65. The molecule has 1 heterocycles. The predicted molar refractivity (Wildman–Crippen MR) is 55.8 cm³/mol. The van der Waals surface area contributed by atoms with Gasteiger partial charge in [0.1, 0.15) is 0 Å². The summed E-state index contributed by atoms with van der Waals surface area (Å²) in [5, 5.41) is 0. The average Bonchev–Trinajstić information content (AvgIpc) is 2.61. The highest BCUT2D eigenvalue weighted by Gasteiger charge is 2.07. The summed E-state index contributed by atoms with van der Waals surface area (Å²) in [5.74, 6) is 0.638. The van der Waals surface area contributed by atoms with Gasteiger partial charge in [0.25, 0.3) is 0 Å². The van der Waals surface area contributed by atoms with Crippen molar-refractivity contribution < 1.29 is 0 Å². The van der Waals surface area contributed by atoms with E-state index in [9.17, 15) is 0 Å². The molecule has 0 aliphatic carbocycles. The van der Waals surface area contributed by atoms with Crippen molar-refractivity contribution in [3.8, 4) is 0 Å². The Kier molecular flexibility index (Phi) is 4.00. The van der Waals surface area contributed by atoms with Gasteiger partial charge in [0.05, 0.1) is 6.33 Å². The maximum absolute atomic E-state index is 4.21. The molecule has 0 amide bonds. The van der Waals surface area contributed by atoms with Crippen LogP contribution < -0.4 is 0 Å². The normalized spacial score (nSPS) is 13.2. The first-order valence-corrected chi connectivity index (χ1v) is 5.29.